The van der Waals surface area contributed by atoms with Crippen molar-refractivity contribution < 1.29 is 19.4 Å². The Bertz CT molecular complexity index is 537. The maximum absolute atomic E-state index is 12.4. The van der Waals surface area contributed by atoms with Crippen molar-refractivity contribution in [2.45, 2.75) is 37.5 Å². The lowest BCUT2D eigenvalue weighted by Gasteiger charge is -2.34. The Morgan fingerprint density at radius 2 is 2.21 bits per heavy atom. The molecule has 0 aromatic rings. The van der Waals surface area contributed by atoms with Gasteiger partial charge in [0.1, 0.15) is 0 Å². The van der Waals surface area contributed by atoms with E-state index in [1.807, 2.05) is 0 Å². The molecule has 8 heteroatoms. The standard InChI is InChI=1S/C16H24N4O4/c1-3-4-6-16(17-18-16)7-5-14(21)20-8-9-24-13(11-20)10-19(2)12-15(22)23/h1,13H,4-12H2,2H3,(H,22,23). The number of hydrogen-bond donors (Lipinski definition) is 1. The highest BCUT2D eigenvalue weighted by Gasteiger charge is 2.40. The molecule has 0 spiro atoms. The lowest BCUT2D eigenvalue weighted by Crippen LogP contribution is -2.49. The fourth-order valence-corrected chi connectivity index (χ4v) is 2.83. The van der Waals surface area contributed by atoms with Gasteiger partial charge in [0.2, 0.25) is 5.91 Å². The maximum Gasteiger partial charge on any atom is 0.317 e. The molecular weight excluding hydrogens is 312 g/mol. The lowest BCUT2D eigenvalue weighted by atomic mass is 10.0. The number of morpholine rings is 1. The van der Waals surface area contributed by atoms with Crippen LogP contribution in [0, 0.1) is 12.3 Å². The van der Waals surface area contributed by atoms with Gasteiger partial charge in [0.05, 0.1) is 19.3 Å². The third-order valence-corrected chi connectivity index (χ3v) is 4.20. The number of carbonyl (C=O) groups excluding carboxylic acids is 1. The van der Waals surface area contributed by atoms with Gasteiger partial charge in [-0.1, -0.05) is 0 Å². The minimum Gasteiger partial charge on any atom is -0.480 e. The molecule has 132 valence electrons. The molecule has 2 rings (SSSR count). The fourth-order valence-electron chi connectivity index (χ4n) is 2.83. The molecule has 1 N–H and O–H groups in total. The van der Waals surface area contributed by atoms with Gasteiger partial charge in [0.15, 0.2) is 5.66 Å². The van der Waals surface area contributed by atoms with Crippen LogP contribution in [0.25, 0.3) is 0 Å². The van der Waals surface area contributed by atoms with E-state index < -0.39 is 11.6 Å². The van der Waals surface area contributed by atoms with Crippen LogP contribution in [0.1, 0.15) is 25.7 Å². The number of rotatable bonds is 9. The molecule has 2 aliphatic heterocycles. The number of carboxylic acids is 1. The number of terminal acetylenes is 1. The molecule has 1 fully saturated rings. The molecule has 2 heterocycles. The second-order valence-corrected chi connectivity index (χ2v) is 6.31. The predicted octanol–water partition coefficient (Wildman–Crippen LogP) is 0.586. The first kappa shape index (κ1) is 18.4. The van der Waals surface area contributed by atoms with Crippen LogP contribution in [0.4, 0.5) is 0 Å². The van der Waals surface area contributed by atoms with Gasteiger partial charge in [-0.25, -0.2) is 0 Å². The smallest absolute Gasteiger partial charge is 0.317 e. The quantitative estimate of drug-likeness (QED) is 0.622. The van der Waals surface area contributed by atoms with E-state index in [4.69, 9.17) is 16.3 Å². The van der Waals surface area contributed by atoms with Gasteiger partial charge in [0.25, 0.3) is 0 Å². The summed E-state index contributed by atoms with van der Waals surface area (Å²) in [6, 6.07) is 0. The fraction of sp³-hybridized carbons (Fsp3) is 0.750. The van der Waals surface area contributed by atoms with Crippen molar-refractivity contribution in [3.63, 3.8) is 0 Å². The van der Waals surface area contributed by atoms with E-state index in [1.54, 1.807) is 16.8 Å². The predicted molar refractivity (Wildman–Crippen MR) is 86.3 cm³/mol. The van der Waals surface area contributed by atoms with E-state index >= 15 is 0 Å². The summed E-state index contributed by atoms with van der Waals surface area (Å²) in [5, 5.41) is 16.9. The molecule has 0 bridgehead atoms. The van der Waals surface area contributed by atoms with E-state index in [-0.39, 0.29) is 18.6 Å². The van der Waals surface area contributed by atoms with Gasteiger partial charge in [-0.15, -0.1) is 12.3 Å². The van der Waals surface area contributed by atoms with Crippen LogP contribution in [0.2, 0.25) is 0 Å². The summed E-state index contributed by atoms with van der Waals surface area (Å²) in [7, 11) is 1.73. The molecule has 0 aliphatic carbocycles. The van der Waals surface area contributed by atoms with Crippen LogP contribution in [-0.4, -0.2) is 78.4 Å². The molecule has 0 aromatic heterocycles. The van der Waals surface area contributed by atoms with Crippen molar-refractivity contribution >= 4 is 11.9 Å². The summed E-state index contributed by atoms with van der Waals surface area (Å²) in [5.74, 6) is 1.75. The molecule has 1 atom stereocenters. The third-order valence-electron chi connectivity index (χ3n) is 4.20. The Kier molecular flexibility index (Phi) is 6.29. The number of hydrogen-bond acceptors (Lipinski definition) is 6. The molecule has 2 aliphatic rings. The molecule has 0 aromatic carbocycles. The van der Waals surface area contributed by atoms with Crippen LogP contribution < -0.4 is 0 Å². The van der Waals surface area contributed by atoms with Crippen molar-refractivity contribution in [3.8, 4) is 12.3 Å². The van der Waals surface area contributed by atoms with Crippen molar-refractivity contribution in [2.24, 2.45) is 10.2 Å². The van der Waals surface area contributed by atoms with Gasteiger partial charge in [-0.2, -0.15) is 10.2 Å². The van der Waals surface area contributed by atoms with E-state index in [9.17, 15) is 9.59 Å². The lowest BCUT2D eigenvalue weighted by molar-refractivity contribution is -0.142. The highest BCUT2D eigenvalue weighted by Crippen LogP contribution is 2.37. The van der Waals surface area contributed by atoms with Gasteiger partial charge in [-0.05, 0) is 7.05 Å². The van der Waals surface area contributed by atoms with Crippen molar-refractivity contribution in [3.05, 3.63) is 0 Å². The minimum absolute atomic E-state index is 0.0471. The minimum atomic E-state index is -0.879. The molecule has 1 unspecified atom stereocenters. The zero-order valence-corrected chi connectivity index (χ0v) is 14.0. The molecule has 8 nitrogen and oxygen atoms in total. The number of likely N-dealkylation sites (N-methyl/N-ethyl adjacent to an activating group) is 1. The average Bonchev–Trinajstić information content (AvgIpc) is 3.30. The molecule has 1 amide bonds. The highest BCUT2D eigenvalue weighted by molar-refractivity contribution is 5.76. The molecule has 1 saturated heterocycles. The Balaban J connectivity index is 1.74. The van der Waals surface area contributed by atoms with Gasteiger partial charge in [0, 0.05) is 45.3 Å². The topological polar surface area (TPSA) is 94.8 Å². The first-order valence-corrected chi connectivity index (χ1v) is 8.11. The van der Waals surface area contributed by atoms with E-state index in [0.29, 0.717) is 51.9 Å². The maximum atomic E-state index is 12.4. The Hall–Kier alpha value is -1.98. The Morgan fingerprint density at radius 1 is 1.46 bits per heavy atom. The van der Waals surface area contributed by atoms with E-state index in [2.05, 4.69) is 16.1 Å². The first-order valence-electron chi connectivity index (χ1n) is 8.11. The van der Waals surface area contributed by atoms with Crippen molar-refractivity contribution in [2.75, 3.05) is 39.8 Å². The van der Waals surface area contributed by atoms with Crippen LogP contribution in [0.15, 0.2) is 10.2 Å². The van der Waals surface area contributed by atoms with Crippen LogP contribution >= 0.6 is 0 Å². The van der Waals surface area contributed by atoms with E-state index in [0.717, 1.165) is 0 Å². The van der Waals surface area contributed by atoms with Crippen LogP contribution in [0.3, 0.4) is 0 Å². The summed E-state index contributed by atoms with van der Waals surface area (Å²) < 4.78 is 5.63. The largest absolute Gasteiger partial charge is 0.480 e. The molecular formula is C16H24N4O4. The number of aliphatic carboxylic acids is 1. The Labute approximate surface area is 141 Å². The summed E-state index contributed by atoms with van der Waals surface area (Å²) in [4.78, 5) is 26.6. The zero-order chi connectivity index (χ0) is 17.6. The van der Waals surface area contributed by atoms with Gasteiger partial charge in [-0.3, -0.25) is 14.5 Å². The summed E-state index contributed by atoms with van der Waals surface area (Å²) in [6.45, 7) is 1.94. The number of carbonyl (C=O) groups is 2. The van der Waals surface area contributed by atoms with Crippen LogP contribution in [-0.2, 0) is 14.3 Å². The molecule has 24 heavy (non-hydrogen) atoms. The van der Waals surface area contributed by atoms with Crippen molar-refractivity contribution in [1.29, 1.82) is 0 Å². The molecule has 0 radical (unpaired) electrons. The normalized spacial score (nSPS) is 21.5. The number of carboxylic acid groups (broad SMARTS) is 1. The monoisotopic (exact) mass is 336 g/mol. The number of nitrogens with zero attached hydrogens (tertiary/aromatic N) is 4. The SMILES string of the molecule is C#CCCC1(CCC(=O)N2CCOC(CN(C)CC(=O)O)C2)N=N1. The number of ether oxygens (including phenoxy) is 1. The van der Waals surface area contributed by atoms with Crippen molar-refractivity contribution in [1.82, 2.24) is 9.80 Å². The van der Waals surface area contributed by atoms with Gasteiger partial charge < -0.3 is 14.7 Å². The second kappa shape index (κ2) is 8.22. The zero-order valence-electron chi connectivity index (χ0n) is 14.0. The Morgan fingerprint density at radius 3 is 2.83 bits per heavy atom. The average molecular weight is 336 g/mol. The third kappa shape index (κ3) is 5.58. The number of amides is 1. The van der Waals surface area contributed by atoms with Gasteiger partial charge >= 0.3 is 5.97 Å². The first-order chi connectivity index (χ1) is 11.4. The van der Waals surface area contributed by atoms with Crippen LogP contribution in [0.5, 0.6) is 0 Å². The highest BCUT2D eigenvalue weighted by atomic mass is 16.5. The second-order valence-electron chi connectivity index (χ2n) is 6.31. The summed E-state index contributed by atoms with van der Waals surface area (Å²) in [6.07, 6.45) is 7.37. The molecule has 0 saturated carbocycles. The van der Waals surface area contributed by atoms with E-state index in [1.165, 1.54) is 0 Å². The summed E-state index contributed by atoms with van der Waals surface area (Å²) >= 11 is 0. The summed E-state index contributed by atoms with van der Waals surface area (Å²) in [5.41, 5.74) is -0.435.